The standard InChI is InChI=1S/C12H17FN2S/c13-10-3-5-12(6-4-10)16-8-11(15-14)7-9-1-2-9/h3-6,9,11,15H,1-2,7-8,14H2. The van der Waals surface area contributed by atoms with Gasteiger partial charge in [-0.15, -0.1) is 11.8 Å². The molecule has 88 valence electrons. The molecule has 0 radical (unpaired) electrons. The van der Waals surface area contributed by atoms with Crippen LogP contribution in [-0.2, 0) is 0 Å². The Morgan fingerprint density at radius 1 is 1.38 bits per heavy atom. The molecule has 1 aliphatic rings. The summed E-state index contributed by atoms with van der Waals surface area (Å²) in [6, 6.07) is 6.97. The van der Waals surface area contributed by atoms with Gasteiger partial charge < -0.3 is 0 Å². The number of thioether (sulfide) groups is 1. The summed E-state index contributed by atoms with van der Waals surface area (Å²) in [6.45, 7) is 0. The first-order valence-corrected chi connectivity index (χ1v) is 6.61. The van der Waals surface area contributed by atoms with Crippen molar-refractivity contribution in [2.24, 2.45) is 11.8 Å². The van der Waals surface area contributed by atoms with Crippen molar-refractivity contribution in [2.75, 3.05) is 5.75 Å². The van der Waals surface area contributed by atoms with E-state index in [0.717, 1.165) is 23.0 Å². The third-order valence-electron chi connectivity index (χ3n) is 2.82. The van der Waals surface area contributed by atoms with Gasteiger partial charge in [0, 0.05) is 16.7 Å². The van der Waals surface area contributed by atoms with Gasteiger partial charge in [0.1, 0.15) is 5.82 Å². The summed E-state index contributed by atoms with van der Waals surface area (Å²) >= 11 is 1.72. The quantitative estimate of drug-likeness (QED) is 0.456. The minimum atomic E-state index is -0.184. The van der Waals surface area contributed by atoms with Crippen molar-refractivity contribution in [3.8, 4) is 0 Å². The average molecular weight is 240 g/mol. The Balaban J connectivity index is 1.77. The highest BCUT2D eigenvalue weighted by molar-refractivity contribution is 7.99. The highest BCUT2D eigenvalue weighted by Crippen LogP contribution is 2.34. The van der Waals surface area contributed by atoms with Crippen molar-refractivity contribution < 1.29 is 4.39 Å². The van der Waals surface area contributed by atoms with Crippen molar-refractivity contribution in [3.63, 3.8) is 0 Å². The van der Waals surface area contributed by atoms with E-state index < -0.39 is 0 Å². The molecule has 4 heteroatoms. The van der Waals surface area contributed by atoms with Gasteiger partial charge in [-0.2, -0.15) is 0 Å². The van der Waals surface area contributed by atoms with Gasteiger partial charge in [-0.3, -0.25) is 11.3 Å². The molecule has 1 aromatic carbocycles. The molecule has 1 aliphatic carbocycles. The largest absolute Gasteiger partial charge is 0.271 e. The summed E-state index contributed by atoms with van der Waals surface area (Å²) in [6.07, 6.45) is 3.85. The predicted octanol–water partition coefficient (Wildman–Crippen LogP) is 2.55. The molecular weight excluding hydrogens is 223 g/mol. The number of nitrogens with one attached hydrogen (secondary N) is 1. The van der Waals surface area contributed by atoms with Gasteiger partial charge in [-0.25, -0.2) is 4.39 Å². The first-order chi connectivity index (χ1) is 7.78. The van der Waals surface area contributed by atoms with Crippen LogP contribution < -0.4 is 11.3 Å². The van der Waals surface area contributed by atoms with E-state index in [-0.39, 0.29) is 5.82 Å². The van der Waals surface area contributed by atoms with Crippen LogP contribution in [0.3, 0.4) is 0 Å². The zero-order valence-corrected chi connectivity index (χ0v) is 9.97. The fourth-order valence-corrected chi connectivity index (χ4v) is 2.62. The van der Waals surface area contributed by atoms with Crippen LogP contribution in [0.2, 0.25) is 0 Å². The molecule has 1 fully saturated rings. The van der Waals surface area contributed by atoms with Gasteiger partial charge >= 0.3 is 0 Å². The van der Waals surface area contributed by atoms with Crippen molar-refractivity contribution in [3.05, 3.63) is 30.1 Å². The van der Waals surface area contributed by atoms with E-state index in [1.165, 1.54) is 25.0 Å². The second-order valence-electron chi connectivity index (χ2n) is 4.31. The molecule has 1 unspecified atom stereocenters. The summed E-state index contributed by atoms with van der Waals surface area (Å²) in [5, 5.41) is 0. The number of nitrogens with two attached hydrogens (primary N) is 1. The molecule has 0 spiro atoms. The van der Waals surface area contributed by atoms with E-state index in [1.807, 2.05) is 12.1 Å². The summed E-state index contributed by atoms with van der Waals surface area (Å²) < 4.78 is 12.7. The van der Waals surface area contributed by atoms with E-state index in [4.69, 9.17) is 5.84 Å². The van der Waals surface area contributed by atoms with Crippen molar-refractivity contribution in [2.45, 2.75) is 30.2 Å². The van der Waals surface area contributed by atoms with Gasteiger partial charge in [0.05, 0.1) is 0 Å². The lowest BCUT2D eigenvalue weighted by Crippen LogP contribution is -2.37. The predicted molar refractivity (Wildman–Crippen MR) is 65.6 cm³/mol. The molecule has 0 bridgehead atoms. The van der Waals surface area contributed by atoms with Crippen molar-refractivity contribution in [1.29, 1.82) is 0 Å². The van der Waals surface area contributed by atoms with Crippen LogP contribution in [0.5, 0.6) is 0 Å². The van der Waals surface area contributed by atoms with Crippen LogP contribution in [0.4, 0.5) is 4.39 Å². The Labute approximate surface area is 99.8 Å². The second-order valence-corrected chi connectivity index (χ2v) is 5.40. The SMILES string of the molecule is NNC(CSc1ccc(F)cc1)CC1CC1. The maximum Gasteiger partial charge on any atom is 0.123 e. The number of halogens is 1. The minimum absolute atomic E-state index is 0.184. The number of hydrogen-bond donors (Lipinski definition) is 2. The van der Waals surface area contributed by atoms with Gasteiger partial charge in [-0.05, 0) is 36.6 Å². The molecule has 1 aromatic rings. The monoisotopic (exact) mass is 240 g/mol. The first-order valence-electron chi connectivity index (χ1n) is 5.62. The molecule has 3 N–H and O–H groups in total. The van der Waals surface area contributed by atoms with Gasteiger partial charge in [0.25, 0.3) is 0 Å². The van der Waals surface area contributed by atoms with Crippen LogP contribution in [-0.4, -0.2) is 11.8 Å². The summed E-state index contributed by atoms with van der Waals surface area (Å²) in [5.74, 6) is 7.14. The molecule has 0 aromatic heterocycles. The Hall–Kier alpha value is -0.580. The van der Waals surface area contributed by atoms with Crippen molar-refractivity contribution >= 4 is 11.8 Å². The van der Waals surface area contributed by atoms with Crippen LogP contribution in [0.25, 0.3) is 0 Å². The Morgan fingerprint density at radius 2 is 2.06 bits per heavy atom. The molecule has 2 nitrogen and oxygen atoms in total. The lowest BCUT2D eigenvalue weighted by Gasteiger charge is -2.14. The number of hydrogen-bond acceptors (Lipinski definition) is 3. The van der Waals surface area contributed by atoms with Crippen LogP contribution in [0.15, 0.2) is 29.2 Å². The van der Waals surface area contributed by atoms with Gasteiger partial charge in [-0.1, -0.05) is 12.8 Å². The fourth-order valence-electron chi connectivity index (χ4n) is 1.67. The van der Waals surface area contributed by atoms with Crippen LogP contribution in [0, 0.1) is 11.7 Å². The fraction of sp³-hybridized carbons (Fsp3) is 0.500. The number of rotatable bonds is 6. The molecule has 2 rings (SSSR count). The average Bonchev–Trinajstić information content (AvgIpc) is 3.10. The van der Waals surface area contributed by atoms with E-state index in [9.17, 15) is 4.39 Å². The highest BCUT2D eigenvalue weighted by Gasteiger charge is 2.24. The third-order valence-corrected chi connectivity index (χ3v) is 3.99. The summed E-state index contributed by atoms with van der Waals surface area (Å²) in [4.78, 5) is 1.09. The molecule has 16 heavy (non-hydrogen) atoms. The van der Waals surface area contributed by atoms with E-state index in [1.54, 1.807) is 11.8 Å². The second kappa shape index (κ2) is 5.66. The Kier molecular flexibility index (Phi) is 4.21. The topological polar surface area (TPSA) is 38.0 Å². The highest BCUT2D eigenvalue weighted by atomic mass is 32.2. The van der Waals surface area contributed by atoms with E-state index in [2.05, 4.69) is 5.43 Å². The molecule has 0 amide bonds. The van der Waals surface area contributed by atoms with Crippen LogP contribution in [0.1, 0.15) is 19.3 Å². The maximum atomic E-state index is 12.7. The smallest absolute Gasteiger partial charge is 0.123 e. The molecular formula is C12H17FN2S. The minimum Gasteiger partial charge on any atom is -0.271 e. The molecule has 0 aliphatic heterocycles. The normalized spacial score (nSPS) is 17.4. The first kappa shape index (κ1) is 11.9. The molecule has 1 atom stereocenters. The van der Waals surface area contributed by atoms with E-state index in [0.29, 0.717) is 6.04 Å². The number of hydrazine groups is 1. The molecule has 0 saturated heterocycles. The lowest BCUT2D eigenvalue weighted by atomic mass is 10.2. The Morgan fingerprint density at radius 3 is 2.62 bits per heavy atom. The van der Waals surface area contributed by atoms with E-state index >= 15 is 0 Å². The van der Waals surface area contributed by atoms with Gasteiger partial charge in [0.15, 0.2) is 0 Å². The summed E-state index contributed by atoms with van der Waals surface area (Å²) in [7, 11) is 0. The number of benzene rings is 1. The molecule has 0 heterocycles. The summed E-state index contributed by atoms with van der Waals surface area (Å²) in [5.41, 5.74) is 2.86. The van der Waals surface area contributed by atoms with Crippen LogP contribution >= 0.6 is 11.8 Å². The zero-order valence-electron chi connectivity index (χ0n) is 9.16. The van der Waals surface area contributed by atoms with Gasteiger partial charge in [0.2, 0.25) is 0 Å². The van der Waals surface area contributed by atoms with Crippen molar-refractivity contribution in [1.82, 2.24) is 5.43 Å². The third kappa shape index (κ3) is 3.77. The zero-order chi connectivity index (χ0) is 11.4. The lowest BCUT2D eigenvalue weighted by molar-refractivity contribution is 0.508. The molecule has 1 saturated carbocycles. The Bertz CT molecular complexity index is 324. The maximum absolute atomic E-state index is 12.7.